The third kappa shape index (κ3) is 2.77. The van der Waals surface area contributed by atoms with E-state index >= 15 is 0 Å². The summed E-state index contributed by atoms with van der Waals surface area (Å²) in [6.07, 6.45) is 2.35. The minimum Gasteiger partial charge on any atom is -0.370 e. The van der Waals surface area contributed by atoms with Gasteiger partial charge in [0, 0.05) is 19.6 Å². The summed E-state index contributed by atoms with van der Waals surface area (Å²) in [5.41, 5.74) is 2.92. The van der Waals surface area contributed by atoms with E-state index < -0.39 is 0 Å². The molecule has 1 aliphatic rings. The fourth-order valence-electron chi connectivity index (χ4n) is 2.78. The van der Waals surface area contributed by atoms with Crippen molar-refractivity contribution in [3.05, 3.63) is 53.6 Å². The molecule has 20 heavy (non-hydrogen) atoms. The quantitative estimate of drug-likeness (QED) is 0.923. The highest BCUT2D eigenvalue weighted by molar-refractivity contribution is 5.48. The molecule has 3 nitrogen and oxygen atoms in total. The summed E-state index contributed by atoms with van der Waals surface area (Å²) in [7, 11) is 0. The van der Waals surface area contributed by atoms with Crippen LogP contribution >= 0.6 is 0 Å². The number of hydrogen-bond acceptors (Lipinski definition) is 3. The molecule has 1 N–H and O–H groups in total. The number of anilines is 2. The van der Waals surface area contributed by atoms with Gasteiger partial charge in [-0.25, -0.2) is 4.98 Å². The number of pyridine rings is 1. The lowest BCUT2D eigenvalue weighted by atomic mass is 10.0. The van der Waals surface area contributed by atoms with Crippen LogP contribution in [0.15, 0.2) is 42.5 Å². The highest BCUT2D eigenvalue weighted by Gasteiger charge is 2.15. The van der Waals surface area contributed by atoms with Gasteiger partial charge in [-0.3, -0.25) is 0 Å². The zero-order valence-electron chi connectivity index (χ0n) is 12.0. The summed E-state index contributed by atoms with van der Waals surface area (Å²) in [6, 6.07) is 15.0. The van der Waals surface area contributed by atoms with Gasteiger partial charge in [-0.05, 0) is 43.0 Å². The van der Waals surface area contributed by atoms with Crippen molar-refractivity contribution in [1.82, 2.24) is 4.98 Å². The van der Waals surface area contributed by atoms with E-state index in [0.29, 0.717) is 0 Å². The number of benzene rings is 1. The van der Waals surface area contributed by atoms with E-state index in [0.717, 1.165) is 31.3 Å². The Kier molecular flexibility index (Phi) is 3.86. The SMILES string of the molecule is CCNc1cccc(N2CCCc3ccccc3C2)n1. The first-order chi connectivity index (χ1) is 9.86. The average Bonchev–Trinajstić information content (AvgIpc) is 2.70. The first-order valence-corrected chi connectivity index (χ1v) is 7.39. The number of aromatic nitrogens is 1. The number of hydrogen-bond donors (Lipinski definition) is 1. The van der Waals surface area contributed by atoms with Gasteiger partial charge in [-0.1, -0.05) is 30.3 Å². The predicted octanol–water partition coefficient (Wildman–Crippen LogP) is 3.47. The molecule has 2 heterocycles. The molecule has 1 aromatic heterocycles. The molecule has 0 aliphatic carbocycles. The van der Waals surface area contributed by atoms with Gasteiger partial charge in [0.05, 0.1) is 0 Å². The summed E-state index contributed by atoms with van der Waals surface area (Å²) in [5, 5.41) is 3.28. The Morgan fingerprint density at radius 3 is 2.80 bits per heavy atom. The Balaban J connectivity index is 1.85. The molecule has 0 saturated carbocycles. The van der Waals surface area contributed by atoms with Crippen LogP contribution in [0.4, 0.5) is 11.6 Å². The molecule has 2 aromatic rings. The molecule has 0 amide bonds. The van der Waals surface area contributed by atoms with Crippen molar-refractivity contribution in [2.45, 2.75) is 26.3 Å². The largest absolute Gasteiger partial charge is 0.370 e. The van der Waals surface area contributed by atoms with Crippen molar-refractivity contribution in [2.24, 2.45) is 0 Å². The number of nitrogens with one attached hydrogen (secondary N) is 1. The van der Waals surface area contributed by atoms with Gasteiger partial charge in [0.1, 0.15) is 11.6 Å². The molecule has 0 bridgehead atoms. The molecule has 0 saturated heterocycles. The molecular formula is C17H21N3. The van der Waals surface area contributed by atoms with Crippen LogP contribution in [0.2, 0.25) is 0 Å². The van der Waals surface area contributed by atoms with Gasteiger partial charge in [0.15, 0.2) is 0 Å². The van der Waals surface area contributed by atoms with Gasteiger partial charge in [-0.15, -0.1) is 0 Å². The van der Waals surface area contributed by atoms with Crippen molar-refractivity contribution in [3.63, 3.8) is 0 Å². The minimum atomic E-state index is 0.902. The third-order valence-electron chi connectivity index (χ3n) is 3.77. The van der Waals surface area contributed by atoms with Gasteiger partial charge >= 0.3 is 0 Å². The molecule has 3 heteroatoms. The van der Waals surface area contributed by atoms with Crippen LogP contribution in [-0.2, 0) is 13.0 Å². The fraction of sp³-hybridized carbons (Fsp3) is 0.353. The summed E-state index contributed by atoms with van der Waals surface area (Å²) in [5.74, 6) is 2.03. The molecule has 0 radical (unpaired) electrons. The molecule has 3 rings (SSSR count). The topological polar surface area (TPSA) is 28.2 Å². The van der Waals surface area contributed by atoms with Crippen LogP contribution in [0.5, 0.6) is 0 Å². The van der Waals surface area contributed by atoms with E-state index in [1.165, 1.54) is 24.0 Å². The lowest BCUT2D eigenvalue weighted by Gasteiger charge is -2.22. The first-order valence-electron chi connectivity index (χ1n) is 7.39. The lowest BCUT2D eigenvalue weighted by molar-refractivity contribution is 0.755. The maximum atomic E-state index is 4.72. The van der Waals surface area contributed by atoms with Gasteiger partial charge in [0.2, 0.25) is 0 Å². The van der Waals surface area contributed by atoms with Crippen molar-refractivity contribution in [1.29, 1.82) is 0 Å². The zero-order chi connectivity index (χ0) is 13.8. The second-order valence-corrected chi connectivity index (χ2v) is 5.21. The van der Waals surface area contributed by atoms with Gasteiger partial charge in [-0.2, -0.15) is 0 Å². The van der Waals surface area contributed by atoms with Crippen molar-refractivity contribution in [2.75, 3.05) is 23.3 Å². The third-order valence-corrected chi connectivity index (χ3v) is 3.77. The van der Waals surface area contributed by atoms with E-state index in [9.17, 15) is 0 Å². The van der Waals surface area contributed by atoms with Crippen LogP contribution in [-0.4, -0.2) is 18.1 Å². The molecular weight excluding hydrogens is 246 g/mol. The van der Waals surface area contributed by atoms with Crippen LogP contribution in [0, 0.1) is 0 Å². The van der Waals surface area contributed by atoms with E-state index in [1.807, 2.05) is 6.07 Å². The minimum absolute atomic E-state index is 0.902. The van der Waals surface area contributed by atoms with Crippen molar-refractivity contribution >= 4 is 11.6 Å². The van der Waals surface area contributed by atoms with E-state index in [4.69, 9.17) is 4.98 Å². The fourth-order valence-corrected chi connectivity index (χ4v) is 2.78. The Morgan fingerprint density at radius 2 is 1.95 bits per heavy atom. The average molecular weight is 267 g/mol. The van der Waals surface area contributed by atoms with Gasteiger partial charge < -0.3 is 10.2 Å². The number of aryl methyl sites for hydroxylation is 1. The van der Waals surface area contributed by atoms with Crippen LogP contribution in [0.25, 0.3) is 0 Å². The second-order valence-electron chi connectivity index (χ2n) is 5.21. The van der Waals surface area contributed by atoms with Crippen LogP contribution < -0.4 is 10.2 Å². The van der Waals surface area contributed by atoms with E-state index in [-0.39, 0.29) is 0 Å². The molecule has 1 aliphatic heterocycles. The molecule has 0 spiro atoms. The maximum absolute atomic E-state index is 4.72. The van der Waals surface area contributed by atoms with Crippen LogP contribution in [0.1, 0.15) is 24.5 Å². The summed E-state index contributed by atoms with van der Waals surface area (Å²) in [6.45, 7) is 5.02. The summed E-state index contributed by atoms with van der Waals surface area (Å²) in [4.78, 5) is 7.10. The summed E-state index contributed by atoms with van der Waals surface area (Å²) >= 11 is 0. The van der Waals surface area contributed by atoms with Gasteiger partial charge in [0.25, 0.3) is 0 Å². The maximum Gasteiger partial charge on any atom is 0.131 e. The molecule has 1 aromatic carbocycles. The van der Waals surface area contributed by atoms with Crippen molar-refractivity contribution in [3.8, 4) is 0 Å². The number of rotatable bonds is 3. The first kappa shape index (κ1) is 13.0. The van der Waals surface area contributed by atoms with Crippen LogP contribution in [0.3, 0.4) is 0 Å². The summed E-state index contributed by atoms with van der Waals surface area (Å²) < 4.78 is 0. The smallest absolute Gasteiger partial charge is 0.131 e. The van der Waals surface area contributed by atoms with Crippen molar-refractivity contribution < 1.29 is 0 Å². The Hall–Kier alpha value is -2.03. The Morgan fingerprint density at radius 1 is 1.10 bits per heavy atom. The molecule has 0 fully saturated rings. The number of nitrogens with zero attached hydrogens (tertiary/aromatic N) is 2. The molecule has 0 unspecified atom stereocenters. The second kappa shape index (κ2) is 5.95. The predicted molar refractivity (Wildman–Crippen MR) is 84.2 cm³/mol. The van der Waals surface area contributed by atoms with E-state index in [2.05, 4.69) is 53.5 Å². The Bertz CT molecular complexity index is 580. The lowest BCUT2D eigenvalue weighted by Crippen LogP contribution is -2.23. The highest BCUT2D eigenvalue weighted by atomic mass is 15.2. The Labute approximate surface area is 120 Å². The number of fused-ring (bicyclic) bond motifs is 1. The molecule has 0 atom stereocenters. The normalized spacial score (nSPS) is 14.6. The zero-order valence-corrected chi connectivity index (χ0v) is 12.0. The van der Waals surface area contributed by atoms with E-state index in [1.54, 1.807) is 0 Å². The monoisotopic (exact) mass is 267 g/mol. The highest BCUT2D eigenvalue weighted by Crippen LogP contribution is 2.23. The molecule has 104 valence electrons. The standard InChI is InChI=1S/C17H21N3/c1-2-18-16-10-5-11-17(19-16)20-12-6-9-14-7-3-4-8-15(14)13-20/h3-5,7-8,10-11H,2,6,9,12-13H2,1H3,(H,18,19).